The zero-order chi connectivity index (χ0) is 20.5. The van der Waals surface area contributed by atoms with E-state index < -0.39 is 11.6 Å². The van der Waals surface area contributed by atoms with E-state index in [0.717, 1.165) is 25.3 Å². The lowest BCUT2D eigenvalue weighted by molar-refractivity contribution is 0.288. The minimum absolute atomic E-state index is 0.130. The van der Waals surface area contributed by atoms with Crippen LogP contribution in [0.2, 0.25) is 0 Å². The molecule has 5 heteroatoms. The van der Waals surface area contributed by atoms with Gasteiger partial charge in [-0.05, 0) is 18.6 Å². The van der Waals surface area contributed by atoms with Crippen LogP contribution >= 0.6 is 0 Å². The molecule has 0 aliphatic heterocycles. The maximum atomic E-state index is 14.4. The molecule has 29 heavy (non-hydrogen) atoms. The van der Waals surface area contributed by atoms with E-state index in [2.05, 4.69) is 16.9 Å². The molecule has 0 saturated carbocycles. The maximum absolute atomic E-state index is 14.4. The second-order valence-corrected chi connectivity index (χ2v) is 7.61. The fourth-order valence-electron chi connectivity index (χ4n) is 3.57. The van der Waals surface area contributed by atoms with E-state index in [4.69, 9.17) is 4.74 Å². The summed E-state index contributed by atoms with van der Waals surface area (Å²) in [7, 11) is 0. The molecule has 156 valence electrons. The number of hydrogen-bond donors (Lipinski definition) is 0. The highest BCUT2D eigenvalue weighted by Gasteiger charge is 2.18. The van der Waals surface area contributed by atoms with Gasteiger partial charge in [0.2, 0.25) is 5.82 Å². The summed E-state index contributed by atoms with van der Waals surface area (Å²) < 4.78 is 34.0. The van der Waals surface area contributed by atoms with Gasteiger partial charge in [0, 0.05) is 6.07 Å². The number of ether oxygens (including phenoxy) is 1. The Labute approximate surface area is 171 Å². The van der Waals surface area contributed by atoms with Crippen LogP contribution in [0.4, 0.5) is 8.78 Å². The molecular formula is C24H30F2N2O. The fraction of sp³-hybridized carbons (Fsp3) is 0.500. The van der Waals surface area contributed by atoms with Gasteiger partial charge in [-0.25, -0.2) is 14.4 Å². The smallest absolute Gasteiger partial charge is 0.203 e. The number of halogens is 2. The third-order valence-corrected chi connectivity index (χ3v) is 5.23. The molecule has 0 atom stereocenters. The Hall–Kier alpha value is -2.30. The number of nitrogens with zero attached hydrogens (tertiary/aromatic N) is 2. The van der Waals surface area contributed by atoms with Crippen molar-refractivity contribution in [2.45, 2.75) is 71.1 Å². The molecule has 0 N–H and O–H groups in total. The number of rotatable bonds is 12. The molecule has 2 aromatic carbocycles. The van der Waals surface area contributed by atoms with Crippen molar-refractivity contribution in [3.8, 4) is 5.75 Å². The molecule has 1 aromatic heterocycles. The van der Waals surface area contributed by atoms with Crippen LogP contribution in [-0.4, -0.2) is 16.6 Å². The second-order valence-electron chi connectivity index (χ2n) is 7.61. The standard InChI is InChI=1S/C24H30F2N2O/c1-2-3-4-5-6-7-8-9-10-13-16-29-24-22(26)18(25)17-21-23(24)28-20-15-12-11-14-19(20)27-21/h11-12,14-15,17H,2-10,13,16H2,1H3. The number of para-hydroxylation sites is 2. The van der Waals surface area contributed by atoms with Gasteiger partial charge in [0.05, 0.1) is 23.2 Å². The minimum atomic E-state index is -0.992. The van der Waals surface area contributed by atoms with E-state index in [0.29, 0.717) is 23.2 Å². The van der Waals surface area contributed by atoms with Crippen molar-refractivity contribution in [1.29, 1.82) is 0 Å². The van der Waals surface area contributed by atoms with Gasteiger partial charge < -0.3 is 4.74 Å². The van der Waals surface area contributed by atoms with Crippen LogP contribution in [0, 0.1) is 11.6 Å². The summed E-state index contributed by atoms with van der Waals surface area (Å²) >= 11 is 0. The monoisotopic (exact) mass is 400 g/mol. The average molecular weight is 401 g/mol. The van der Waals surface area contributed by atoms with Crippen LogP contribution in [0.3, 0.4) is 0 Å². The van der Waals surface area contributed by atoms with Gasteiger partial charge in [0.1, 0.15) is 5.52 Å². The Balaban J connectivity index is 1.52. The first-order valence-corrected chi connectivity index (χ1v) is 10.9. The van der Waals surface area contributed by atoms with E-state index in [1.165, 1.54) is 44.9 Å². The van der Waals surface area contributed by atoms with E-state index in [9.17, 15) is 8.78 Å². The maximum Gasteiger partial charge on any atom is 0.203 e. The molecule has 3 aromatic rings. The zero-order valence-electron chi connectivity index (χ0n) is 17.2. The predicted molar refractivity (Wildman–Crippen MR) is 114 cm³/mol. The van der Waals surface area contributed by atoms with Crippen molar-refractivity contribution in [1.82, 2.24) is 9.97 Å². The molecule has 0 bridgehead atoms. The van der Waals surface area contributed by atoms with Gasteiger partial charge in [0.25, 0.3) is 0 Å². The van der Waals surface area contributed by atoms with Crippen molar-refractivity contribution in [2.75, 3.05) is 6.61 Å². The predicted octanol–water partition coefficient (Wildman–Crippen LogP) is 7.36. The molecule has 3 rings (SSSR count). The van der Waals surface area contributed by atoms with Crippen molar-refractivity contribution < 1.29 is 13.5 Å². The normalized spacial score (nSPS) is 11.4. The van der Waals surface area contributed by atoms with E-state index in [1.54, 1.807) is 12.1 Å². The van der Waals surface area contributed by atoms with Gasteiger partial charge >= 0.3 is 0 Å². The van der Waals surface area contributed by atoms with Crippen LogP contribution < -0.4 is 4.74 Å². The van der Waals surface area contributed by atoms with E-state index >= 15 is 0 Å². The molecule has 0 spiro atoms. The molecule has 0 aliphatic carbocycles. The first kappa shape index (κ1) is 21.4. The second kappa shape index (κ2) is 11.0. The van der Waals surface area contributed by atoms with Crippen molar-refractivity contribution in [3.05, 3.63) is 42.0 Å². The van der Waals surface area contributed by atoms with Crippen LogP contribution in [0.25, 0.3) is 22.1 Å². The number of unbranched alkanes of at least 4 members (excludes halogenated alkanes) is 9. The topological polar surface area (TPSA) is 35.0 Å². The zero-order valence-corrected chi connectivity index (χ0v) is 17.2. The lowest BCUT2D eigenvalue weighted by atomic mass is 10.1. The van der Waals surface area contributed by atoms with Crippen LogP contribution in [-0.2, 0) is 0 Å². The molecule has 0 saturated heterocycles. The number of fused-ring (bicyclic) bond motifs is 2. The largest absolute Gasteiger partial charge is 0.488 e. The Morgan fingerprint density at radius 2 is 1.34 bits per heavy atom. The molecule has 0 radical (unpaired) electrons. The molecular weight excluding hydrogens is 370 g/mol. The Morgan fingerprint density at radius 3 is 2.00 bits per heavy atom. The van der Waals surface area contributed by atoms with Gasteiger partial charge in [-0.1, -0.05) is 76.8 Å². The lowest BCUT2D eigenvalue weighted by Gasteiger charge is -2.11. The number of aromatic nitrogens is 2. The summed E-state index contributed by atoms with van der Waals surface area (Å²) in [4.78, 5) is 8.85. The summed E-state index contributed by atoms with van der Waals surface area (Å²) in [6.45, 7) is 2.58. The molecule has 3 nitrogen and oxygen atoms in total. The Morgan fingerprint density at radius 1 is 0.759 bits per heavy atom. The Bertz CT molecular complexity index is 930. The van der Waals surface area contributed by atoms with E-state index in [-0.39, 0.29) is 11.3 Å². The summed E-state index contributed by atoms with van der Waals surface area (Å²) in [5, 5.41) is 0. The Kier molecular flexibility index (Phi) is 8.14. The van der Waals surface area contributed by atoms with Gasteiger partial charge in [-0.15, -0.1) is 0 Å². The van der Waals surface area contributed by atoms with Gasteiger partial charge in [-0.2, -0.15) is 4.39 Å². The highest BCUT2D eigenvalue weighted by atomic mass is 19.2. The fourth-order valence-corrected chi connectivity index (χ4v) is 3.57. The third-order valence-electron chi connectivity index (χ3n) is 5.23. The van der Waals surface area contributed by atoms with Crippen molar-refractivity contribution in [3.63, 3.8) is 0 Å². The van der Waals surface area contributed by atoms with Crippen molar-refractivity contribution in [2.24, 2.45) is 0 Å². The molecule has 1 heterocycles. The summed E-state index contributed by atoms with van der Waals surface area (Å²) in [5.74, 6) is -2.08. The quantitative estimate of drug-likeness (QED) is 0.235. The first-order valence-electron chi connectivity index (χ1n) is 10.9. The summed E-state index contributed by atoms with van der Waals surface area (Å²) in [6, 6.07) is 8.36. The van der Waals surface area contributed by atoms with E-state index in [1.807, 2.05) is 12.1 Å². The average Bonchev–Trinajstić information content (AvgIpc) is 2.73. The molecule has 0 amide bonds. The van der Waals surface area contributed by atoms with Gasteiger partial charge in [0.15, 0.2) is 11.6 Å². The highest BCUT2D eigenvalue weighted by molar-refractivity contribution is 5.89. The summed E-state index contributed by atoms with van der Waals surface area (Å²) in [6.07, 6.45) is 12.1. The highest BCUT2D eigenvalue weighted by Crippen LogP contribution is 2.30. The molecule has 0 unspecified atom stereocenters. The van der Waals surface area contributed by atoms with Gasteiger partial charge in [-0.3, -0.25) is 0 Å². The molecule has 0 aliphatic rings. The minimum Gasteiger partial charge on any atom is -0.488 e. The first-order chi connectivity index (χ1) is 14.2. The number of hydrogen-bond acceptors (Lipinski definition) is 3. The van der Waals surface area contributed by atoms with Crippen LogP contribution in [0.15, 0.2) is 30.3 Å². The summed E-state index contributed by atoms with van der Waals surface area (Å²) in [5.41, 5.74) is 1.86. The molecule has 0 fully saturated rings. The van der Waals surface area contributed by atoms with Crippen molar-refractivity contribution >= 4 is 22.1 Å². The van der Waals surface area contributed by atoms with Crippen LogP contribution in [0.5, 0.6) is 5.75 Å². The number of benzene rings is 2. The SMILES string of the molecule is CCCCCCCCCCCCOc1c(F)c(F)cc2nc3ccccc3nc12. The van der Waals surface area contributed by atoms with Crippen LogP contribution in [0.1, 0.15) is 71.1 Å². The lowest BCUT2D eigenvalue weighted by Crippen LogP contribution is -2.03. The third kappa shape index (κ3) is 5.84.